The summed E-state index contributed by atoms with van der Waals surface area (Å²) in [6.07, 6.45) is 1.01. The van der Waals surface area contributed by atoms with E-state index in [4.69, 9.17) is 10.5 Å². The van der Waals surface area contributed by atoms with Crippen molar-refractivity contribution in [3.63, 3.8) is 0 Å². The number of nitrogens with zero attached hydrogens (tertiary/aromatic N) is 8. The van der Waals surface area contributed by atoms with E-state index in [1.54, 1.807) is 18.7 Å². The maximum absolute atomic E-state index is 13.1. The van der Waals surface area contributed by atoms with Crippen LogP contribution >= 0.6 is 0 Å². The van der Waals surface area contributed by atoms with Crippen LogP contribution in [-0.2, 0) is 20.6 Å². The third-order valence-corrected chi connectivity index (χ3v) is 5.74. The highest BCUT2D eigenvalue weighted by molar-refractivity contribution is 5.70. The number of aromatic nitrogens is 7. The van der Waals surface area contributed by atoms with Crippen LogP contribution in [0.25, 0.3) is 22.6 Å². The Bertz CT molecular complexity index is 1520. The van der Waals surface area contributed by atoms with Crippen molar-refractivity contribution in [2.75, 3.05) is 5.73 Å². The van der Waals surface area contributed by atoms with Crippen LogP contribution in [0.15, 0.2) is 29.2 Å². The lowest BCUT2D eigenvalue weighted by atomic mass is 9.99. The molecular formula is C22H21N9O2. The topological polar surface area (TPSA) is 142 Å². The third-order valence-electron chi connectivity index (χ3n) is 5.74. The van der Waals surface area contributed by atoms with Crippen LogP contribution in [0.4, 0.5) is 5.82 Å². The molecule has 0 unspecified atom stereocenters. The van der Waals surface area contributed by atoms with Gasteiger partial charge in [0, 0.05) is 25.2 Å². The van der Waals surface area contributed by atoms with Crippen LogP contribution in [-0.4, -0.2) is 34.1 Å². The van der Waals surface area contributed by atoms with E-state index in [1.807, 2.05) is 32.0 Å². The Morgan fingerprint density at radius 2 is 2.03 bits per heavy atom. The summed E-state index contributed by atoms with van der Waals surface area (Å²) in [6.45, 7) is 3.95. The highest BCUT2D eigenvalue weighted by Crippen LogP contribution is 2.35. The van der Waals surface area contributed by atoms with E-state index >= 15 is 0 Å². The molecule has 33 heavy (non-hydrogen) atoms. The van der Waals surface area contributed by atoms with E-state index in [0.717, 1.165) is 16.7 Å². The molecule has 0 amide bonds. The first kappa shape index (κ1) is 20.4. The van der Waals surface area contributed by atoms with Crippen molar-refractivity contribution < 1.29 is 4.74 Å². The minimum atomic E-state index is -0.472. The van der Waals surface area contributed by atoms with Crippen LogP contribution in [0.1, 0.15) is 35.5 Å². The molecule has 11 heteroatoms. The molecule has 4 aromatic rings. The van der Waals surface area contributed by atoms with E-state index in [0.29, 0.717) is 22.8 Å². The molecule has 2 N–H and O–H groups in total. The minimum absolute atomic E-state index is 0.0941. The van der Waals surface area contributed by atoms with Crippen molar-refractivity contribution in [1.29, 1.82) is 5.26 Å². The fourth-order valence-electron chi connectivity index (χ4n) is 4.12. The molecule has 0 radical (unpaired) electrons. The van der Waals surface area contributed by atoms with Gasteiger partial charge in [0.2, 0.25) is 0 Å². The lowest BCUT2D eigenvalue weighted by Gasteiger charge is -2.20. The van der Waals surface area contributed by atoms with Crippen molar-refractivity contribution in [3.8, 4) is 34.6 Å². The van der Waals surface area contributed by atoms with Gasteiger partial charge < -0.3 is 10.5 Å². The smallest absolute Gasteiger partial charge is 0.346 e. The fraction of sp³-hybridized carbons (Fsp3) is 0.273. The lowest BCUT2D eigenvalue weighted by Crippen LogP contribution is -2.24. The Hall–Kier alpha value is -4.46. The van der Waals surface area contributed by atoms with E-state index in [-0.39, 0.29) is 29.6 Å². The van der Waals surface area contributed by atoms with Crippen molar-refractivity contribution in [1.82, 2.24) is 34.1 Å². The third kappa shape index (κ3) is 3.15. The maximum Gasteiger partial charge on any atom is 0.346 e. The zero-order valence-electron chi connectivity index (χ0n) is 18.6. The molecule has 11 nitrogen and oxygen atoms in total. The number of benzene rings is 1. The molecule has 0 aliphatic carbocycles. The summed E-state index contributed by atoms with van der Waals surface area (Å²) < 4.78 is 10.4. The zero-order chi connectivity index (χ0) is 23.4. The summed E-state index contributed by atoms with van der Waals surface area (Å²) in [5.41, 5.74) is 9.99. The Morgan fingerprint density at radius 3 is 2.79 bits per heavy atom. The van der Waals surface area contributed by atoms with Gasteiger partial charge >= 0.3 is 5.69 Å². The standard InChI is InChI=1S/C22H21N9O2/c1-11-5-6-13-14(7-11)12(2)33-21-19(24)25-9-15(26-21)18-16(27-29(3)17(18)8-23)10-31-20(13)28-30(4)22(31)32/h5-7,9,12H,10H2,1-4H3,(H2,24,25)/t12-/m1/s1. The van der Waals surface area contributed by atoms with Gasteiger partial charge in [0.25, 0.3) is 5.88 Å². The van der Waals surface area contributed by atoms with E-state index in [1.165, 1.54) is 15.6 Å². The predicted octanol–water partition coefficient (Wildman–Crippen LogP) is 1.70. The number of ether oxygens (including phenoxy) is 1. The van der Waals surface area contributed by atoms with Crippen molar-refractivity contribution >= 4 is 5.82 Å². The first-order valence-corrected chi connectivity index (χ1v) is 10.3. The fourth-order valence-corrected chi connectivity index (χ4v) is 4.12. The molecule has 0 saturated carbocycles. The number of aryl methyl sites for hydroxylation is 3. The van der Waals surface area contributed by atoms with Gasteiger partial charge in [-0.2, -0.15) is 10.4 Å². The van der Waals surface area contributed by atoms with Crippen molar-refractivity contribution in [2.24, 2.45) is 14.1 Å². The SMILES string of the molecule is Cc1ccc2c(c1)[C@@H](C)Oc1nc(cnc1N)-c1c(nn(C)c1C#N)Cn1c-2nn(C)c1=O. The number of hydrogen-bond donors (Lipinski definition) is 1. The van der Waals surface area contributed by atoms with Crippen LogP contribution in [0.3, 0.4) is 0 Å². The maximum atomic E-state index is 13.1. The summed E-state index contributed by atoms with van der Waals surface area (Å²) in [5, 5.41) is 18.8. The summed E-state index contributed by atoms with van der Waals surface area (Å²) in [5.74, 6) is 0.770. The van der Waals surface area contributed by atoms with E-state index in [9.17, 15) is 10.1 Å². The van der Waals surface area contributed by atoms with Crippen molar-refractivity contribution in [2.45, 2.75) is 26.5 Å². The molecule has 0 spiro atoms. The normalized spacial score (nSPS) is 14.7. The van der Waals surface area contributed by atoms with E-state index < -0.39 is 6.10 Å². The number of fused-ring (bicyclic) bond motifs is 7. The molecule has 1 atom stereocenters. The van der Waals surface area contributed by atoms with Gasteiger partial charge in [-0.15, -0.1) is 5.10 Å². The van der Waals surface area contributed by atoms with Gasteiger partial charge in [0.1, 0.15) is 17.9 Å². The second-order valence-electron chi connectivity index (χ2n) is 8.02. The number of nitrogens with two attached hydrogens (primary N) is 1. The van der Waals surface area contributed by atoms with Gasteiger partial charge in [-0.25, -0.2) is 19.4 Å². The monoisotopic (exact) mass is 443 g/mol. The number of anilines is 1. The number of nitriles is 1. The van der Waals surface area contributed by atoms with Crippen LogP contribution < -0.4 is 16.2 Å². The van der Waals surface area contributed by atoms with Crippen LogP contribution in [0, 0.1) is 18.3 Å². The lowest BCUT2D eigenvalue weighted by molar-refractivity contribution is 0.219. The molecule has 0 saturated heterocycles. The first-order valence-electron chi connectivity index (χ1n) is 10.3. The van der Waals surface area contributed by atoms with Gasteiger partial charge in [-0.3, -0.25) is 9.25 Å². The number of rotatable bonds is 0. The van der Waals surface area contributed by atoms with Gasteiger partial charge in [-0.1, -0.05) is 23.8 Å². The number of hydrogen-bond acceptors (Lipinski definition) is 8. The quantitative estimate of drug-likeness (QED) is 0.433. The molecule has 4 heterocycles. The molecule has 1 aliphatic rings. The van der Waals surface area contributed by atoms with E-state index in [2.05, 4.69) is 26.2 Å². The molecule has 0 fully saturated rings. The summed E-state index contributed by atoms with van der Waals surface area (Å²) in [4.78, 5) is 21.9. The molecular weight excluding hydrogens is 422 g/mol. The highest BCUT2D eigenvalue weighted by Gasteiger charge is 2.27. The Kier molecular flexibility index (Phi) is 4.52. The molecule has 166 valence electrons. The largest absolute Gasteiger partial charge is 0.467 e. The number of nitrogen functional groups attached to an aromatic ring is 1. The summed E-state index contributed by atoms with van der Waals surface area (Å²) >= 11 is 0. The Labute approximate surface area is 188 Å². The average molecular weight is 443 g/mol. The second kappa shape index (κ2) is 7.30. The Morgan fingerprint density at radius 1 is 1.24 bits per heavy atom. The van der Waals surface area contributed by atoms with Crippen molar-refractivity contribution in [3.05, 3.63) is 57.4 Å². The van der Waals surface area contributed by atoms with Gasteiger partial charge in [0.15, 0.2) is 11.6 Å². The zero-order valence-corrected chi connectivity index (χ0v) is 18.6. The average Bonchev–Trinajstić information content (AvgIpc) is 3.25. The summed E-state index contributed by atoms with van der Waals surface area (Å²) in [6, 6.07) is 8.03. The summed E-state index contributed by atoms with van der Waals surface area (Å²) in [7, 11) is 3.27. The predicted molar refractivity (Wildman–Crippen MR) is 119 cm³/mol. The molecule has 1 aliphatic heterocycles. The Balaban J connectivity index is 1.88. The molecule has 3 aromatic heterocycles. The molecule has 2 bridgehead atoms. The molecule has 5 rings (SSSR count). The molecule has 1 aromatic carbocycles. The van der Waals surface area contributed by atoms with Gasteiger partial charge in [0.05, 0.1) is 29.7 Å². The van der Waals surface area contributed by atoms with Gasteiger partial charge in [-0.05, 0) is 13.8 Å². The second-order valence-corrected chi connectivity index (χ2v) is 8.02. The minimum Gasteiger partial charge on any atom is -0.467 e. The first-order chi connectivity index (χ1) is 15.8. The highest BCUT2D eigenvalue weighted by atomic mass is 16.5. The van der Waals surface area contributed by atoms with Crippen LogP contribution in [0.5, 0.6) is 5.88 Å². The van der Waals surface area contributed by atoms with Crippen LogP contribution in [0.2, 0.25) is 0 Å².